The Kier molecular flexibility index (Phi) is 5.51. The smallest absolute Gasteiger partial charge is 0.189 e. The van der Waals surface area contributed by atoms with E-state index in [9.17, 15) is 0 Å². The van der Waals surface area contributed by atoms with Gasteiger partial charge < -0.3 is 15.8 Å². The van der Waals surface area contributed by atoms with Gasteiger partial charge in [-0.1, -0.05) is 30.3 Å². The van der Waals surface area contributed by atoms with Crippen molar-refractivity contribution in [1.82, 2.24) is 10.3 Å². The highest BCUT2D eigenvalue weighted by molar-refractivity contribution is 7.11. The number of nitrogens with zero attached hydrogens (tertiary/aromatic N) is 2. The van der Waals surface area contributed by atoms with Crippen LogP contribution < -0.4 is 11.1 Å². The Hall–Kier alpha value is -1.92. The van der Waals surface area contributed by atoms with Gasteiger partial charge in [0.2, 0.25) is 0 Å². The van der Waals surface area contributed by atoms with Crippen molar-refractivity contribution in [2.75, 3.05) is 13.2 Å². The van der Waals surface area contributed by atoms with Crippen LogP contribution in [0.4, 0.5) is 0 Å². The molecule has 3 N–H and O–H groups in total. The third-order valence-electron chi connectivity index (χ3n) is 5.17. The Morgan fingerprint density at radius 3 is 3.00 bits per heavy atom. The van der Waals surface area contributed by atoms with Crippen molar-refractivity contribution in [3.05, 3.63) is 51.5 Å². The molecule has 2 atom stereocenters. The molecule has 0 bridgehead atoms. The van der Waals surface area contributed by atoms with Crippen LogP contribution in [0.15, 0.2) is 35.3 Å². The van der Waals surface area contributed by atoms with E-state index in [-0.39, 0.29) is 6.10 Å². The lowest BCUT2D eigenvalue weighted by Crippen LogP contribution is -2.37. The van der Waals surface area contributed by atoms with E-state index in [0.29, 0.717) is 18.4 Å². The number of benzene rings is 1. The molecular weight excluding hydrogens is 344 g/mol. The largest absolute Gasteiger partial charge is 0.376 e. The van der Waals surface area contributed by atoms with Crippen molar-refractivity contribution < 1.29 is 4.74 Å². The normalized spacial score (nSPS) is 23.0. The quantitative estimate of drug-likeness (QED) is 0.627. The molecule has 138 valence electrons. The van der Waals surface area contributed by atoms with Crippen LogP contribution in [0, 0.1) is 0 Å². The first-order valence-electron chi connectivity index (χ1n) is 9.45. The predicted molar refractivity (Wildman–Crippen MR) is 106 cm³/mol. The monoisotopic (exact) mass is 370 g/mol. The van der Waals surface area contributed by atoms with Crippen LogP contribution in [0.1, 0.15) is 46.3 Å². The standard InChI is InChI=1S/C20H26N4OS/c21-20(22-12-16-7-4-10-25-16)23-13-19-24-17-9-8-15(11-18(17)26-19)14-5-2-1-3-6-14/h1-3,5-6,15-16H,4,7-13H2,(H3,21,22,23). The Balaban J connectivity index is 1.33. The Bertz CT molecular complexity index is 752. The minimum absolute atomic E-state index is 0.269. The molecule has 1 aromatic carbocycles. The molecule has 5 nitrogen and oxygen atoms in total. The van der Waals surface area contributed by atoms with Crippen molar-refractivity contribution >= 4 is 17.3 Å². The SMILES string of the molecule is NC(=NCc1nc2c(s1)CC(c1ccccc1)CC2)NCC1CCCO1. The molecule has 1 aliphatic carbocycles. The van der Waals surface area contributed by atoms with E-state index < -0.39 is 0 Å². The zero-order valence-electron chi connectivity index (χ0n) is 15.0. The Morgan fingerprint density at radius 1 is 1.31 bits per heavy atom. The molecule has 2 aliphatic rings. The van der Waals surface area contributed by atoms with E-state index in [1.54, 1.807) is 11.3 Å². The summed E-state index contributed by atoms with van der Waals surface area (Å²) in [7, 11) is 0. The molecule has 2 aromatic rings. The van der Waals surface area contributed by atoms with Crippen molar-refractivity contribution in [1.29, 1.82) is 0 Å². The molecule has 4 rings (SSSR count). The molecule has 1 aliphatic heterocycles. The van der Waals surface area contributed by atoms with Crippen LogP contribution in [0.25, 0.3) is 0 Å². The van der Waals surface area contributed by atoms with Crippen LogP contribution in [0.2, 0.25) is 0 Å². The van der Waals surface area contributed by atoms with Gasteiger partial charge in [-0.3, -0.25) is 0 Å². The first kappa shape index (κ1) is 17.5. The maximum Gasteiger partial charge on any atom is 0.189 e. The molecule has 1 aromatic heterocycles. The van der Waals surface area contributed by atoms with Crippen molar-refractivity contribution in [2.24, 2.45) is 10.7 Å². The number of ether oxygens (including phenoxy) is 1. The maximum atomic E-state index is 5.98. The van der Waals surface area contributed by atoms with Crippen molar-refractivity contribution in [3.8, 4) is 0 Å². The fourth-order valence-corrected chi connectivity index (χ4v) is 4.86. The highest BCUT2D eigenvalue weighted by Gasteiger charge is 2.23. The second kappa shape index (κ2) is 8.18. The summed E-state index contributed by atoms with van der Waals surface area (Å²) in [6, 6.07) is 10.8. The lowest BCUT2D eigenvalue weighted by molar-refractivity contribution is 0.114. The van der Waals surface area contributed by atoms with E-state index >= 15 is 0 Å². The topological polar surface area (TPSA) is 72.5 Å². The van der Waals surface area contributed by atoms with E-state index in [4.69, 9.17) is 15.5 Å². The summed E-state index contributed by atoms with van der Waals surface area (Å²) < 4.78 is 5.58. The minimum atomic E-state index is 0.269. The fourth-order valence-electron chi connectivity index (χ4n) is 3.74. The molecule has 0 spiro atoms. The molecule has 0 amide bonds. The highest BCUT2D eigenvalue weighted by atomic mass is 32.1. The van der Waals surface area contributed by atoms with Gasteiger partial charge in [0.1, 0.15) is 5.01 Å². The van der Waals surface area contributed by atoms with Gasteiger partial charge in [-0.15, -0.1) is 11.3 Å². The molecule has 26 heavy (non-hydrogen) atoms. The van der Waals surface area contributed by atoms with E-state index in [1.165, 1.54) is 22.6 Å². The average molecular weight is 371 g/mol. The summed E-state index contributed by atoms with van der Waals surface area (Å²) in [6.07, 6.45) is 5.83. The molecule has 2 unspecified atom stereocenters. The first-order chi connectivity index (χ1) is 12.8. The van der Waals surface area contributed by atoms with Gasteiger partial charge >= 0.3 is 0 Å². The van der Waals surface area contributed by atoms with Crippen LogP contribution in [-0.4, -0.2) is 30.2 Å². The zero-order chi connectivity index (χ0) is 17.8. The number of aliphatic imine (C=N–C) groups is 1. The maximum absolute atomic E-state index is 5.98. The third-order valence-corrected chi connectivity index (χ3v) is 6.28. The first-order valence-corrected chi connectivity index (χ1v) is 10.3. The van der Waals surface area contributed by atoms with Gasteiger partial charge in [-0.2, -0.15) is 0 Å². The Labute approximate surface area is 158 Å². The zero-order valence-corrected chi connectivity index (χ0v) is 15.8. The number of aryl methyl sites for hydroxylation is 1. The molecule has 0 saturated carbocycles. The van der Waals surface area contributed by atoms with E-state index in [1.807, 2.05) is 0 Å². The molecular formula is C20H26N4OS. The number of hydrogen-bond donors (Lipinski definition) is 2. The van der Waals surface area contributed by atoms with Crippen molar-refractivity contribution in [2.45, 2.75) is 50.7 Å². The summed E-state index contributed by atoms with van der Waals surface area (Å²) in [5.41, 5.74) is 8.68. The minimum Gasteiger partial charge on any atom is -0.376 e. The number of nitrogens with two attached hydrogens (primary N) is 1. The Morgan fingerprint density at radius 2 is 2.19 bits per heavy atom. The number of hydrogen-bond acceptors (Lipinski definition) is 4. The molecule has 1 fully saturated rings. The van der Waals surface area contributed by atoms with Crippen LogP contribution in [0.5, 0.6) is 0 Å². The van der Waals surface area contributed by atoms with Gasteiger partial charge in [0.15, 0.2) is 5.96 Å². The highest BCUT2D eigenvalue weighted by Crippen LogP contribution is 2.35. The van der Waals surface area contributed by atoms with Crippen LogP contribution in [0.3, 0.4) is 0 Å². The van der Waals surface area contributed by atoms with Gasteiger partial charge in [0, 0.05) is 18.0 Å². The van der Waals surface area contributed by atoms with Crippen LogP contribution in [-0.2, 0) is 24.1 Å². The third kappa shape index (κ3) is 4.24. The fraction of sp³-hybridized carbons (Fsp3) is 0.500. The lowest BCUT2D eigenvalue weighted by atomic mass is 9.85. The molecule has 2 heterocycles. The molecule has 0 radical (unpaired) electrons. The molecule has 6 heteroatoms. The lowest BCUT2D eigenvalue weighted by Gasteiger charge is -2.21. The second-order valence-corrected chi connectivity index (χ2v) is 8.21. The number of fused-ring (bicyclic) bond motifs is 1. The predicted octanol–water partition coefficient (Wildman–Crippen LogP) is 3.00. The van der Waals surface area contributed by atoms with E-state index in [2.05, 4.69) is 40.6 Å². The number of thiazole rings is 1. The van der Waals surface area contributed by atoms with Gasteiger partial charge in [0.25, 0.3) is 0 Å². The number of rotatable bonds is 5. The number of nitrogens with one attached hydrogen (secondary N) is 1. The summed E-state index contributed by atoms with van der Waals surface area (Å²) in [5.74, 6) is 1.09. The number of guanidine groups is 1. The summed E-state index contributed by atoms with van der Waals surface area (Å²) in [5, 5.41) is 4.23. The summed E-state index contributed by atoms with van der Waals surface area (Å²) in [4.78, 5) is 10.7. The van der Waals surface area contributed by atoms with Gasteiger partial charge in [0.05, 0.1) is 18.3 Å². The van der Waals surface area contributed by atoms with Gasteiger partial charge in [-0.25, -0.2) is 9.98 Å². The van der Waals surface area contributed by atoms with Crippen LogP contribution >= 0.6 is 11.3 Å². The van der Waals surface area contributed by atoms with E-state index in [0.717, 1.165) is 43.8 Å². The summed E-state index contributed by atoms with van der Waals surface area (Å²) >= 11 is 1.79. The molecule has 1 saturated heterocycles. The second-order valence-electron chi connectivity index (χ2n) is 7.05. The van der Waals surface area contributed by atoms with Crippen molar-refractivity contribution in [3.63, 3.8) is 0 Å². The number of aromatic nitrogens is 1. The summed E-state index contributed by atoms with van der Waals surface area (Å²) in [6.45, 7) is 2.15. The van der Waals surface area contributed by atoms with Gasteiger partial charge in [-0.05, 0) is 43.6 Å². The average Bonchev–Trinajstić information content (AvgIpc) is 3.34.